The van der Waals surface area contributed by atoms with Gasteiger partial charge in [0, 0.05) is 38.3 Å². The van der Waals surface area contributed by atoms with E-state index >= 15 is 0 Å². The van der Waals surface area contributed by atoms with E-state index < -0.39 is 0 Å². The van der Waals surface area contributed by atoms with Crippen molar-refractivity contribution >= 4 is 32.6 Å². The van der Waals surface area contributed by atoms with E-state index in [1.54, 1.807) is 11.3 Å². The molecule has 4 rings (SSSR count). The van der Waals surface area contributed by atoms with Gasteiger partial charge in [-0.2, -0.15) is 0 Å². The van der Waals surface area contributed by atoms with Crippen molar-refractivity contribution in [3.63, 3.8) is 0 Å². The normalized spacial score (nSPS) is 21.0. The zero-order chi connectivity index (χ0) is 23.4. The lowest BCUT2D eigenvalue weighted by atomic mass is 9.93. The fourth-order valence-corrected chi connectivity index (χ4v) is 6.90. The molecule has 1 saturated heterocycles. The molecule has 0 spiro atoms. The highest BCUT2D eigenvalue weighted by molar-refractivity contribution is 7.22. The molecular formula is C27H42N4OS. The number of carbonyl (C=O) groups is 1. The van der Waals surface area contributed by atoms with Crippen LogP contribution in [-0.2, 0) is 4.79 Å². The number of thiazole rings is 1. The highest BCUT2D eigenvalue weighted by Crippen LogP contribution is 2.33. The maximum Gasteiger partial charge on any atom is 0.224 e. The first-order valence-corrected chi connectivity index (χ1v) is 13.9. The zero-order valence-corrected chi connectivity index (χ0v) is 21.8. The second kappa shape index (κ2) is 11.2. The first kappa shape index (κ1) is 24.5. The number of amides is 1. The molecule has 0 bridgehead atoms. The minimum Gasteiger partial charge on any atom is -0.355 e. The summed E-state index contributed by atoms with van der Waals surface area (Å²) >= 11 is 1.77. The molecule has 1 aromatic carbocycles. The summed E-state index contributed by atoms with van der Waals surface area (Å²) < 4.78 is 1.25. The molecule has 0 unspecified atom stereocenters. The molecule has 2 heterocycles. The van der Waals surface area contributed by atoms with Crippen LogP contribution in [0.2, 0.25) is 0 Å². The van der Waals surface area contributed by atoms with E-state index in [0.717, 1.165) is 49.7 Å². The van der Waals surface area contributed by atoms with E-state index in [-0.39, 0.29) is 11.8 Å². The van der Waals surface area contributed by atoms with Crippen molar-refractivity contribution in [3.8, 4) is 0 Å². The van der Waals surface area contributed by atoms with Crippen molar-refractivity contribution < 1.29 is 4.79 Å². The number of nitrogens with zero attached hydrogens (tertiary/aromatic N) is 3. The average molecular weight is 471 g/mol. The smallest absolute Gasteiger partial charge is 0.224 e. The van der Waals surface area contributed by atoms with Gasteiger partial charge in [0.1, 0.15) is 0 Å². The Kier molecular flexibility index (Phi) is 8.29. The molecule has 2 aromatic rings. The monoisotopic (exact) mass is 470 g/mol. The van der Waals surface area contributed by atoms with Gasteiger partial charge in [-0.15, -0.1) is 0 Å². The zero-order valence-electron chi connectivity index (χ0n) is 21.0. The van der Waals surface area contributed by atoms with Gasteiger partial charge in [-0.3, -0.25) is 9.69 Å². The SMILES string of the molecule is CC[C@H](C)N(CCNC(=O)[C@@H]1CCCN(c2nc3c(C)cc(C)cc3s2)C1)C1CCCCC1. The van der Waals surface area contributed by atoms with Crippen molar-refractivity contribution in [1.82, 2.24) is 15.2 Å². The Hall–Kier alpha value is -1.66. The molecule has 2 fully saturated rings. The third-order valence-electron chi connectivity index (χ3n) is 7.75. The van der Waals surface area contributed by atoms with Gasteiger partial charge in [0.15, 0.2) is 5.13 Å². The standard InChI is InChI=1S/C27H42N4OS/c1-5-21(4)31(23-11-7-6-8-12-23)15-13-28-26(32)22-10-9-14-30(18-22)27-29-25-20(3)16-19(2)17-24(25)33-27/h16-17,21-23H,5-15,18H2,1-4H3,(H,28,32)/t21-,22+/m0/s1. The number of hydrogen-bond donors (Lipinski definition) is 1. The largest absolute Gasteiger partial charge is 0.355 e. The quantitative estimate of drug-likeness (QED) is 0.539. The van der Waals surface area contributed by atoms with Crippen LogP contribution in [0.25, 0.3) is 10.2 Å². The molecule has 1 aliphatic heterocycles. The maximum atomic E-state index is 13.1. The highest BCUT2D eigenvalue weighted by atomic mass is 32.1. The summed E-state index contributed by atoms with van der Waals surface area (Å²) in [5.41, 5.74) is 3.63. The molecule has 5 nitrogen and oxygen atoms in total. The molecular weight excluding hydrogens is 428 g/mol. The Morgan fingerprint density at radius 2 is 2.00 bits per heavy atom. The molecule has 1 aliphatic carbocycles. The van der Waals surface area contributed by atoms with Crippen molar-refractivity contribution in [1.29, 1.82) is 0 Å². The number of carbonyl (C=O) groups excluding carboxylic acids is 1. The van der Waals surface area contributed by atoms with E-state index in [9.17, 15) is 4.79 Å². The van der Waals surface area contributed by atoms with Gasteiger partial charge in [0.2, 0.25) is 5.91 Å². The van der Waals surface area contributed by atoms with Crippen LogP contribution >= 0.6 is 11.3 Å². The number of nitrogens with one attached hydrogen (secondary N) is 1. The fraction of sp³-hybridized carbons (Fsp3) is 0.704. The lowest BCUT2D eigenvalue weighted by molar-refractivity contribution is -0.125. The van der Waals surface area contributed by atoms with Crippen molar-refractivity contribution in [2.45, 2.75) is 91.1 Å². The number of rotatable bonds is 8. The molecule has 2 aliphatic rings. The molecule has 1 amide bonds. The Bertz CT molecular complexity index is 936. The number of anilines is 1. The van der Waals surface area contributed by atoms with E-state index in [4.69, 9.17) is 4.98 Å². The first-order chi connectivity index (χ1) is 16.0. The van der Waals surface area contributed by atoms with Gasteiger partial charge in [-0.1, -0.05) is 43.6 Å². The van der Waals surface area contributed by atoms with Crippen molar-refractivity contribution in [2.24, 2.45) is 5.92 Å². The number of fused-ring (bicyclic) bond motifs is 1. The van der Waals surface area contributed by atoms with E-state index in [1.165, 1.54) is 54.4 Å². The molecule has 6 heteroatoms. The van der Waals surface area contributed by atoms with Crippen molar-refractivity contribution in [3.05, 3.63) is 23.3 Å². The molecule has 0 radical (unpaired) electrons. The van der Waals surface area contributed by atoms with Gasteiger partial charge in [-0.05, 0) is 70.1 Å². The topological polar surface area (TPSA) is 48.5 Å². The number of aromatic nitrogens is 1. The summed E-state index contributed by atoms with van der Waals surface area (Å²) in [7, 11) is 0. The van der Waals surface area contributed by atoms with Crippen LogP contribution in [0.4, 0.5) is 5.13 Å². The Balaban J connectivity index is 1.33. The summed E-state index contributed by atoms with van der Waals surface area (Å²) in [5.74, 6) is 0.279. The van der Waals surface area contributed by atoms with Gasteiger partial charge >= 0.3 is 0 Å². The molecule has 1 aromatic heterocycles. The van der Waals surface area contributed by atoms with Gasteiger partial charge in [0.25, 0.3) is 0 Å². The lowest BCUT2D eigenvalue weighted by Crippen LogP contribution is -2.48. The second-order valence-corrected chi connectivity index (χ2v) is 11.3. The van der Waals surface area contributed by atoms with E-state index in [1.807, 2.05) is 0 Å². The molecule has 182 valence electrons. The lowest BCUT2D eigenvalue weighted by Gasteiger charge is -2.38. The third kappa shape index (κ3) is 5.89. The Morgan fingerprint density at radius 1 is 1.21 bits per heavy atom. The maximum absolute atomic E-state index is 13.1. The Labute approximate surface area is 203 Å². The fourth-order valence-electron chi connectivity index (χ4n) is 5.72. The van der Waals surface area contributed by atoms with Gasteiger partial charge < -0.3 is 10.2 Å². The predicted octanol–water partition coefficient (Wildman–Crippen LogP) is 5.68. The van der Waals surface area contributed by atoms with Gasteiger partial charge in [-0.25, -0.2) is 4.98 Å². The molecule has 33 heavy (non-hydrogen) atoms. The minimum atomic E-state index is 0.0559. The summed E-state index contributed by atoms with van der Waals surface area (Å²) in [6.07, 6.45) is 9.92. The highest BCUT2D eigenvalue weighted by Gasteiger charge is 2.28. The van der Waals surface area contributed by atoms with Crippen LogP contribution in [0.3, 0.4) is 0 Å². The number of piperidine rings is 1. The van der Waals surface area contributed by atoms with Crippen LogP contribution in [0.1, 0.15) is 76.3 Å². The van der Waals surface area contributed by atoms with E-state index in [2.05, 4.69) is 54.9 Å². The first-order valence-electron chi connectivity index (χ1n) is 13.1. The van der Waals surface area contributed by atoms with Crippen LogP contribution in [-0.4, -0.2) is 54.1 Å². The summed E-state index contributed by atoms with van der Waals surface area (Å²) in [4.78, 5) is 23.0. The average Bonchev–Trinajstić information content (AvgIpc) is 3.26. The molecule has 1 N–H and O–H groups in total. The summed E-state index contributed by atoms with van der Waals surface area (Å²) in [6.45, 7) is 12.4. The molecule has 2 atom stereocenters. The summed E-state index contributed by atoms with van der Waals surface area (Å²) in [6, 6.07) is 5.71. The van der Waals surface area contributed by atoms with Crippen LogP contribution in [0.15, 0.2) is 12.1 Å². The second-order valence-electron chi connectivity index (χ2n) is 10.3. The number of aryl methyl sites for hydroxylation is 2. The van der Waals surface area contributed by atoms with Crippen LogP contribution < -0.4 is 10.2 Å². The number of hydrogen-bond acceptors (Lipinski definition) is 5. The predicted molar refractivity (Wildman–Crippen MR) is 140 cm³/mol. The minimum absolute atomic E-state index is 0.0559. The van der Waals surface area contributed by atoms with Gasteiger partial charge in [0.05, 0.1) is 16.1 Å². The third-order valence-corrected chi connectivity index (χ3v) is 8.81. The van der Waals surface area contributed by atoms with Crippen molar-refractivity contribution in [2.75, 3.05) is 31.1 Å². The van der Waals surface area contributed by atoms with Crippen LogP contribution in [0.5, 0.6) is 0 Å². The molecule has 1 saturated carbocycles. The van der Waals surface area contributed by atoms with Crippen LogP contribution in [0, 0.1) is 19.8 Å². The summed E-state index contributed by atoms with van der Waals surface area (Å²) in [5, 5.41) is 4.36. The Morgan fingerprint density at radius 3 is 2.76 bits per heavy atom. The number of benzene rings is 1. The van der Waals surface area contributed by atoms with E-state index in [0.29, 0.717) is 12.1 Å².